The number of rotatable bonds is 1. The molecule has 0 bridgehead atoms. The minimum atomic E-state index is -0.0445. The van der Waals surface area contributed by atoms with Crippen LogP contribution in [0.2, 0.25) is 0 Å². The molecule has 0 radical (unpaired) electrons. The Balaban J connectivity index is 2.10. The van der Waals surface area contributed by atoms with Crippen LogP contribution in [0.1, 0.15) is 0 Å². The summed E-state index contributed by atoms with van der Waals surface area (Å²) < 4.78 is 1.58. The van der Waals surface area contributed by atoms with Crippen LogP contribution in [-0.4, -0.2) is 9.38 Å². The molecule has 4 rings (SSSR count). The van der Waals surface area contributed by atoms with E-state index in [0.29, 0.717) is 11.2 Å². The van der Waals surface area contributed by atoms with E-state index < -0.39 is 0 Å². The minimum Gasteiger partial charge on any atom is -0.268 e. The normalized spacial score (nSPS) is 11.0. The fourth-order valence-corrected chi connectivity index (χ4v) is 2.67. The molecule has 0 aliphatic heterocycles. The summed E-state index contributed by atoms with van der Waals surface area (Å²) in [7, 11) is 0. The van der Waals surface area contributed by atoms with Crippen molar-refractivity contribution in [3.8, 4) is 11.1 Å². The topological polar surface area (TPSA) is 34.4 Å². The van der Waals surface area contributed by atoms with Crippen molar-refractivity contribution in [3.63, 3.8) is 0 Å². The van der Waals surface area contributed by atoms with Crippen LogP contribution in [0, 0.1) is 0 Å². The molecule has 0 unspecified atom stereocenters. The van der Waals surface area contributed by atoms with Crippen LogP contribution in [0.25, 0.3) is 27.5 Å². The van der Waals surface area contributed by atoms with Crippen molar-refractivity contribution in [2.45, 2.75) is 0 Å². The largest absolute Gasteiger partial charge is 0.268 e. The van der Waals surface area contributed by atoms with Gasteiger partial charge >= 0.3 is 0 Å². The summed E-state index contributed by atoms with van der Waals surface area (Å²) >= 11 is 0. The molecule has 0 N–H and O–H groups in total. The Kier molecular flexibility index (Phi) is 2.57. The van der Waals surface area contributed by atoms with E-state index in [4.69, 9.17) is 0 Å². The van der Waals surface area contributed by atoms with Crippen molar-refractivity contribution in [1.82, 2.24) is 9.38 Å². The van der Waals surface area contributed by atoms with Crippen LogP contribution in [0.15, 0.2) is 77.9 Å². The lowest BCUT2D eigenvalue weighted by atomic mass is 10.0. The average molecular weight is 272 g/mol. The third-order valence-corrected chi connectivity index (χ3v) is 3.69. The van der Waals surface area contributed by atoms with Gasteiger partial charge in [-0.15, -0.1) is 0 Å². The zero-order valence-corrected chi connectivity index (χ0v) is 11.2. The van der Waals surface area contributed by atoms with Gasteiger partial charge in [0.1, 0.15) is 5.65 Å². The summed E-state index contributed by atoms with van der Waals surface area (Å²) in [5.74, 6) is 0. The van der Waals surface area contributed by atoms with Gasteiger partial charge in [-0.05, 0) is 28.5 Å². The van der Waals surface area contributed by atoms with E-state index in [0.717, 1.165) is 16.3 Å². The van der Waals surface area contributed by atoms with Gasteiger partial charge in [0.2, 0.25) is 0 Å². The number of aromatic nitrogens is 2. The number of hydrogen-bond donors (Lipinski definition) is 0. The smallest absolute Gasteiger partial charge is 0.265 e. The number of pyridine rings is 1. The first kappa shape index (κ1) is 11.9. The summed E-state index contributed by atoms with van der Waals surface area (Å²) in [5.41, 5.74) is 2.16. The molecule has 0 aliphatic rings. The highest BCUT2D eigenvalue weighted by molar-refractivity contribution is 5.96. The monoisotopic (exact) mass is 272 g/mol. The Morgan fingerprint density at radius 3 is 2.57 bits per heavy atom. The van der Waals surface area contributed by atoms with Crippen LogP contribution in [0.3, 0.4) is 0 Å². The highest BCUT2D eigenvalue weighted by Gasteiger charge is 2.09. The molecule has 0 aliphatic carbocycles. The Hall–Kier alpha value is -2.94. The van der Waals surface area contributed by atoms with E-state index in [9.17, 15) is 4.79 Å². The molecule has 0 saturated carbocycles. The standard InChI is InChI=1S/C18H12N2O/c21-18-16(12-19-17-10-3-4-11-20(17)18)15-9-5-7-13-6-1-2-8-14(13)15/h1-12H. The van der Waals surface area contributed by atoms with Crippen molar-refractivity contribution in [2.24, 2.45) is 0 Å². The van der Waals surface area contributed by atoms with Gasteiger partial charge in [0.05, 0.1) is 5.56 Å². The molecule has 100 valence electrons. The lowest BCUT2D eigenvalue weighted by molar-refractivity contribution is 1.05. The summed E-state index contributed by atoms with van der Waals surface area (Å²) in [6.07, 6.45) is 3.42. The zero-order valence-electron chi connectivity index (χ0n) is 11.2. The van der Waals surface area contributed by atoms with Gasteiger partial charge in [-0.2, -0.15) is 0 Å². The number of hydrogen-bond acceptors (Lipinski definition) is 2. The molecule has 21 heavy (non-hydrogen) atoms. The maximum Gasteiger partial charge on any atom is 0.265 e. The second-order valence-corrected chi connectivity index (χ2v) is 4.93. The Bertz CT molecular complexity index is 1010. The molecule has 4 aromatic rings. The van der Waals surface area contributed by atoms with Crippen LogP contribution in [-0.2, 0) is 0 Å². The van der Waals surface area contributed by atoms with Gasteiger partial charge in [-0.3, -0.25) is 9.20 Å². The second-order valence-electron chi connectivity index (χ2n) is 4.93. The van der Waals surface area contributed by atoms with Gasteiger partial charge in [-0.25, -0.2) is 4.98 Å². The van der Waals surface area contributed by atoms with E-state index >= 15 is 0 Å². The second kappa shape index (κ2) is 4.56. The summed E-state index contributed by atoms with van der Waals surface area (Å²) in [6, 6.07) is 19.6. The molecule has 0 spiro atoms. The van der Waals surface area contributed by atoms with E-state index in [1.54, 1.807) is 16.8 Å². The molecule has 0 saturated heterocycles. The Morgan fingerprint density at radius 1 is 0.810 bits per heavy atom. The first-order valence-electron chi connectivity index (χ1n) is 6.79. The van der Waals surface area contributed by atoms with Crippen molar-refractivity contribution >= 4 is 16.4 Å². The highest BCUT2D eigenvalue weighted by Crippen LogP contribution is 2.26. The fraction of sp³-hybridized carbons (Fsp3) is 0. The molecule has 2 aromatic heterocycles. The van der Waals surface area contributed by atoms with E-state index in [1.165, 1.54) is 0 Å². The lowest BCUT2D eigenvalue weighted by Gasteiger charge is -2.07. The van der Waals surface area contributed by atoms with Crippen molar-refractivity contribution in [1.29, 1.82) is 0 Å². The number of benzene rings is 2. The molecule has 3 heteroatoms. The van der Waals surface area contributed by atoms with Crippen LogP contribution >= 0.6 is 0 Å². The van der Waals surface area contributed by atoms with Gasteiger partial charge in [-0.1, -0.05) is 48.5 Å². The van der Waals surface area contributed by atoms with Gasteiger partial charge in [0.15, 0.2) is 0 Å². The van der Waals surface area contributed by atoms with E-state index in [-0.39, 0.29) is 5.56 Å². The zero-order chi connectivity index (χ0) is 14.2. The van der Waals surface area contributed by atoms with Crippen LogP contribution in [0.4, 0.5) is 0 Å². The molecule has 2 heterocycles. The van der Waals surface area contributed by atoms with Crippen LogP contribution < -0.4 is 5.56 Å². The molecular weight excluding hydrogens is 260 g/mol. The molecule has 3 nitrogen and oxygen atoms in total. The molecule has 0 fully saturated rings. The molecule has 0 atom stereocenters. The van der Waals surface area contributed by atoms with E-state index in [2.05, 4.69) is 4.98 Å². The number of fused-ring (bicyclic) bond motifs is 2. The van der Waals surface area contributed by atoms with Crippen molar-refractivity contribution in [3.05, 3.63) is 83.4 Å². The third kappa shape index (κ3) is 1.82. The quantitative estimate of drug-likeness (QED) is 0.531. The third-order valence-electron chi connectivity index (χ3n) is 3.69. The van der Waals surface area contributed by atoms with Crippen molar-refractivity contribution in [2.75, 3.05) is 0 Å². The number of nitrogens with zero attached hydrogens (tertiary/aromatic N) is 2. The lowest BCUT2D eigenvalue weighted by Crippen LogP contribution is -2.16. The molecule has 2 aromatic carbocycles. The summed E-state index contributed by atoms with van der Waals surface area (Å²) in [5, 5.41) is 2.18. The Morgan fingerprint density at radius 2 is 1.62 bits per heavy atom. The van der Waals surface area contributed by atoms with Crippen molar-refractivity contribution < 1.29 is 0 Å². The summed E-state index contributed by atoms with van der Waals surface area (Å²) in [6.45, 7) is 0. The van der Waals surface area contributed by atoms with E-state index in [1.807, 2.05) is 60.7 Å². The SMILES string of the molecule is O=c1c(-c2cccc3ccccc23)cnc2ccccn12. The Labute approximate surface area is 121 Å². The van der Waals surface area contributed by atoms with Crippen LogP contribution in [0.5, 0.6) is 0 Å². The highest BCUT2D eigenvalue weighted by atomic mass is 16.1. The van der Waals surface area contributed by atoms with Gasteiger partial charge in [0.25, 0.3) is 5.56 Å². The average Bonchev–Trinajstić information content (AvgIpc) is 2.55. The van der Waals surface area contributed by atoms with Gasteiger partial charge < -0.3 is 0 Å². The maximum atomic E-state index is 12.7. The molecule has 0 amide bonds. The first-order valence-corrected chi connectivity index (χ1v) is 6.79. The molecular formula is C18H12N2O. The predicted molar refractivity (Wildman–Crippen MR) is 84.4 cm³/mol. The van der Waals surface area contributed by atoms with Gasteiger partial charge in [0, 0.05) is 12.4 Å². The predicted octanol–water partition coefficient (Wildman–Crippen LogP) is 3.51. The fourth-order valence-electron chi connectivity index (χ4n) is 2.67. The summed E-state index contributed by atoms with van der Waals surface area (Å²) in [4.78, 5) is 17.1. The minimum absolute atomic E-state index is 0.0445. The first-order chi connectivity index (χ1) is 10.3. The maximum absolute atomic E-state index is 12.7.